The van der Waals surface area contributed by atoms with E-state index in [4.69, 9.17) is 9.47 Å². The van der Waals surface area contributed by atoms with Crippen LogP contribution in [0.2, 0.25) is 0 Å². The van der Waals surface area contributed by atoms with E-state index in [-0.39, 0.29) is 28.6 Å². The van der Waals surface area contributed by atoms with Gasteiger partial charge in [-0.15, -0.1) is 0 Å². The largest absolute Gasteiger partial charge is 0.481 e. The lowest BCUT2D eigenvalue weighted by Gasteiger charge is -2.71. The Balaban J connectivity index is 1.39. The molecule has 0 aromatic carbocycles. The molecule has 6 aliphatic rings. The summed E-state index contributed by atoms with van der Waals surface area (Å²) < 4.78 is 11.4. The molecule has 16 atom stereocenters. The van der Waals surface area contributed by atoms with Gasteiger partial charge in [0, 0.05) is 5.92 Å². The number of hydrogen-bond acceptors (Lipinski definition) is 10. The first-order chi connectivity index (χ1) is 21.8. The second-order valence-electron chi connectivity index (χ2n) is 17.3. The third kappa shape index (κ3) is 4.49. The Morgan fingerprint density at radius 2 is 1.57 bits per heavy atom. The molecule has 0 aromatic heterocycles. The summed E-state index contributed by atoms with van der Waals surface area (Å²) in [5.41, 5.74) is -3.64. The number of rotatable bonds is 4. The Morgan fingerprint density at radius 1 is 0.894 bits per heavy atom. The van der Waals surface area contributed by atoms with E-state index in [0.29, 0.717) is 44.9 Å². The van der Waals surface area contributed by atoms with Crippen molar-refractivity contribution in [3.63, 3.8) is 0 Å². The van der Waals surface area contributed by atoms with Crippen molar-refractivity contribution in [1.82, 2.24) is 0 Å². The number of carbonyl (C=O) groups excluding carboxylic acids is 1. The molecule has 11 heteroatoms. The van der Waals surface area contributed by atoms with Gasteiger partial charge in [-0.2, -0.15) is 0 Å². The lowest BCUT2D eigenvalue weighted by atomic mass is 9.33. The fraction of sp³-hybridized carbons (Fsp3) is 0.889. The molecule has 5 fully saturated rings. The smallest absolute Gasteiger partial charge is 0.315 e. The quantitative estimate of drug-likeness (QED) is 0.172. The monoisotopic (exact) mass is 664 g/mol. The fourth-order valence-electron chi connectivity index (χ4n) is 12.2. The molecule has 1 unspecified atom stereocenters. The van der Waals surface area contributed by atoms with Crippen LogP contribution in [-0.2, 0) is 19.1 Å². The molecule has 1 aliphatic heterocycles. The minimum absolute atomic E-state index is 0.126. The minimum atomic E-state index is -1.72. The summed E-state index contributed by atoms with van der Waals surface area (Å²) in [7, 11) is 0. The standard InChI is InChI=1S/C36H56O11/c1-18-9-14-36(30(44)47-28-26(41)25(40)24(39)20(17-37)46-28)16-15-32(3)19(27(36)35(18,6)45)7-8-21-31(2)12-11-23(38)34(5,29(42)43)22(31)10-13-33(21,32)4/h7,18,20-28,37-41,45H,8-17H2,1-6H3,(H,42,43)/t18-,20-,21-,22-,23?,24-,25+,26-,27-,28+,31-,32-,33-,34-,35-,36+/m1/s1. The average Bonchev–Trinajstić information content (AvgIpc) is 3.01. The lowest BCUT2D eigenvalue weighted by Crippen LogP contribution is -2.69. The van der Waals surface area contributed by atoms with Crippen LogP contribution in [0.5, 0.6) is 0 Å². The molecule has 11 nitrogen and oxygen atoms in total. The van der Waals surface area contributed by atoms with E-state index >= 15 is 0 Å². The zero-order chi connectivity index (χ0) is 34.7. The number of carbonyl (C=O) groups is 2. The van der Waals surface area contributed by atoms with Crippen LogP contribution in [0.4, 0.5) is 0 Å². The van der Waals surface area contributed by atoms with Gasteiger partial charge in [-0.25, -0.2) is 0 Å². The van der Waals surface area contributed by atoms with E-state index in [2.05, 4.69) is 26.8 Å². The molecule has 1 heterocycles. The SMILES string of the molecule is C[C@@H]1CC[C@]2(C(=O)O[C@@H]3O[C@H](CO)[C@@H](O)[C@H](O)[C@H]3O)CC[C@]3(C)C(=CC[C@@H]4[C@@]5(C)CCC(O)[C@](C)(C(=O)O)[C@@H]5CC[C@]43C)[C@@H]2[C@]1(C)O. The predicted octanol–water partition coefficient (Wildman–Crippen LogP) is 2.53. The number of aliphatic hydroxyl groups is 6. The number of aliphatic carboxylic acids is 1. The number of aliphatic hydroxyl groups excluding tert-OH is 5. The van der Waals surface area contributed by atoms with Crippen LogP contribution in [0.15, 0.2) is 11.6 Å². The molecule has 0 amide bonds. The lowest BCUT2D eigenvalue weighted by molar-refractivity contribution is -0.299. The van der Waals surface area contributed by atoms with Crippen LogP contribution >= 0.6 is 0 Å². The number of esters is 1. The Kier molecular flexibility index (Phi) is 8.40. The molecule has 266 valence electrons. The Morgan fingerprint density at radius 3 is 2.21 bits per heavy atom. The van der Waals surface area contributed by atoms with Gasteiger partial charge in [0.05, 0.1) is 29.1 Å². The number of carboxylic acids is 1. The van der Waals surface area contributed by atoms with E-state index in [0.717, 1.165) is 18.4 Å². The minimum Gasteiger partial charge on any atom is -0.481 e. The maximum atomic E-state index is 14.5. The Labute approximate surface area is 277 Å². The molecule has 0 aromatic rings. The normalized spacial score (nSPS) is 55.8. The zero-order valence-electron chi connectivity index (χ0n) is 28.7. The topological polar surface area (TPSA) is 194 Å². The molecule has 7 N–H and O–H groups in total. The van der Waals surface area contributed by atoms with Crippen LogP contribution in [0.25, 0.3) is 0 Å². The summed E-state index contributed by atoms with van der Waals surface area (Å²) >= 11 is 0. The van der Waals surface area contributed by atoms with Gasteiger partial charge in [0.25, 0.3) is 0 Å². The fourth-order valence-corrected chi connectivity index (χ4v) is 12.2. The van der Waals surface area contributed by atoms with Crippen LogP contribution in [-0.4, -0.2) is 96.7 Å². The van der Waals surface area contributed by atoms with Crippen molar-refractivity contribution in [2.45, 2.75) is 142 Å². The molecule has 0 spiro atoms. The van der Waals surface area contributed by atoms with Gasteiger partial charge in [-0.05, 0) is 106 Å². The van der Waals surface area contributed by atoms with Crippen molar-refractivity contribution < 1.29 is 54.8 Å². The molecular formula is C36H56O11. The highest BCUT2D eigenvalue weighted by molar-refractivity contribution is 5.79. The van der Waals surface area contributed by atoms with Crippen LogP contribution in [0.1, 0.15) is 99.3 Å². The summed E-state index contributed by atoms with van der Waals surface area (Å²) in [5, 5.41) is 74.8. The zero-order valence-corrected chi connectivity index (χ0v) is 28.7. The third-order valence-corrected chi connectivity index (χ3v) is 15.6. The van der Waals surface area contributed by atoms with Gasteiger partial charge < -0.3 is 45.2 Å². The van der Waals surface area contributed by atoms with Crippen LogP contribution in [0.3, 0.4) is 0 Å². The van der Waals surface area contributed by atoms with Gasteiger partial charge in [-0.3, -0.25) is 9.59 Å². The van der Waals surface area contributed by atoms with Gasteiger partial charge in [0.2, 0.25) is 6.29 Å². The molecule has 1 saturated heterocycles. The third-order valence-electron chi connectivity index (χ3n) is 15.6. The molecular weight excluding hydrogens is 608 g/mol. The van der Waals surface area contributed by atoms with Crippen LogP contribution in [0, 0.1) is 50.7 Å². The average molecular weight is 665 g/mol. The van der Waals surface area contributed by atoms with Crippen LogP contribution < -0.4 is 0 Å². The summed E-state index contributed by atoms with van der Waals surface area (Å²) in [6.45, 7) is 11.7. The van der Waals surface area contributed by atoms with E-state index in [9.17, 15) is 45.3 Å². The highest BCUT2D eigenvalue weighted by Crippen LogP contribution is 2.76. The number of allylic oxidation sites excluding steroid dienone is 1. The van der Waals surface area contributed by atoms with E-state index < -0.39 is 83.1 Å². The number of fused-ring (bicyclic) bond motifs is 7. The van der Waals surface area contributed by atoms with Gasteiger partial charge in [-0.1, -0.05) is 39.3 Å². The number of carboxylic acid groups (broad SMARTS) is 1. The van der Waals surface area contributed by atoms with Crippen molar-refractivity contribution in [2.24, 2.45) is 50.7 Å². The first-order valence-electron chi connectivity index (χ1n) is 17.6. The van der Waals surface area contributed by atoms with Crippen molar-refractivity contribution in [2.75, 3.05) is 6.61 Å². The van der Waals surface area contributed by atoms with Gasteiger partial charge in [0.1, 0.15) is 24.4 Å². The molecule has 0 bridgehead atoms. The first-order valence-corrected chi connectivity index (χ1v) is 17.6. The second kappa shape index (κ2) is 11.2. The molecule has 6 rings (SSSR count). The van der Waals surface area contributed by atoms with E-state index in [1.807, 2.05) is 6.92 Å². The molecule has 47 heavy (non-hydrogen) atoms. The number of ether oxygens (including phenoxy) is 2. The van der Waals surface area contributed by atoms with Crippen molar-refractivity contribution >= 4 is 11.9 Å². The highest BCUT2D eigenvalue weighted by Gasteiger charge is 2.72. The van der Waals surface area contributed by atoms with E-state index in [1.165, 1.54) is 0 Å². The predicted molar refractivity (Wildman–Crippen MR) is 168 cm³/mol. The Hall–Kier alpha value is -1.60. The summed E-state index contributed by atoms with van der Waals surface area (Å²) in [5.74, 6) is -2.37. The van der Waals surface area contributed by atoms with Crippen molar-refractivity contribution in [1.29, 1.82) is 0 Å². The van der Waals surface area contributed by atoms with Gasteiger partial charge in [0.15, 0.2) is 0 Å². The Bertz CT molecular complexity index is 1310. The van der Waals surface area contributed by atoms with E-state index in [1.54, 1.807) is 13.8 Å². The van der Waals surface area contributed by atoms with Crippen molar-refractivity contribution in [3.8, 4) is 0 Å². The molecule has 5 aliphatic carbocycles. The van der Waals surface area contributed by atoms with Crippen molar-refractivity contribution in [3.05, 3.63) is 11.6 Å². The highest BCUT2D eigenvalue weighted by atomic mass is 16.7. The summed E-state index contributed by atoms with van der Waals surface area (Å²) in [6, 6.07) is 0. The maximum Gasteiger partial charge on any atom is 0.315 e. The molecule has 4 saturated carbocycles. The summed E-state index contributed by atoms with van der Waals surface area (Å²) in [4.78, 5) is 27.2. The molecule has 0 radical (unpaired) electrons. The maximum absolute atomic E-state index is 14.5. The second-order valence-corrected chi connectivity index (χ2v) is 17.3. The number of hydrogen-bond donors (Lipinski definition) is 7. The van der Waals surface area contributed by atoms with Gasteiger partial charge >= 0.3 is 11.9 Å². The first kappa shape index (κ1) is 35.2. The summed E-state index contributed by atoms with van der Waals surface area (Å²) in [6.07, 6.45) is -1.18.